The largest absolute Gasteiger partial charge is 0.307 e. The Morgan fingerprint density at radius 1 is 1.21 bits per heavy atom. The van der Waals surface area contributed by atoms with Gasteiger partial charge in [-0.3, -0.25) is 4.79 Å². The molecule has 0 atom stereocenters. The van der Waals surface area contributed by atoms with Crippen molar-refractivity contribution in [1.29, 1.82) is 0 Å². The Hall–Kier alpha value is -1.25. The summed E-state index contributed by atoms with van der Waals surface area (Å²) in [6, 6.07) is 4.60. The van der Waals surface area contributed by atoms with Crippen LogP contribution in [0.2, 0.25) is 0 Å². The van der Waals surface area contributed by atoms with Crippen LogP contribution in [0.1, 0.15) is 28.4 Å². The molecule has 0 aliphatic rings. The topological polar surface area (TPSA) is 17.1 Å². The number of hydrogen-bond acceptors (Lipinski definition) is 1. The van der Waals surface area contributed by atoms with Gasteiger partial charge >= 0.3 is 5.92 Å². The third-order valence-corrected chi connectivity index (χ3v) is 2.17. The predicted molar refractivity (Wildman–Crippen MR) is 50.9 cm³/mol. The highest BCUT2D eigenvalue weighted by molar-refractivity contribution is 6.01. The van der Waals surface area contributed by atoms with E-state index in [1.807, 2.05) is 6.92 Å². The number of carbonyl (C=O) groups is 1. The van der Waals surface area contributed by atoms with Gasteiger partial charge in [0.05, 0.1) is 0 Å². The van der Waals surface area contributed by atoms with E-state index in [1.165, 1.54) is 12.1 Å². The third-order valence-electron chi connectivity index (χ3n) is 2.17. The first kappa shape index (κ1) is 10.8. The summed E-state index contributed by atoms with van der Waals surface area (Å²) < 4.78 is 25.4. The molecule has 1 nitrogen and oxygen atoms in total. The Kier molecular flexibility index (Phi) is 2.69. The number of alkyl halides is 2. The number of carbonyl (C=O) groups excluding carboxylic acids is 1. The van der Waals surface area contributed by atoms with Crippen LogP contribution >= 0.6 is 0 Å². The van der Waals surface area contributed by atoms with Crippen LogP contribution in [0.15, 0.2) is 18.2 Å². The van der Waals surface area contributed by atoms with Crippen molar-refractivity contribution in [3.05, 3.63) is 34.9 Å². The molecule has 0 heterocycles. The molecule has 76 valence electrons. The lowest BCUT2D eigenvalue weighted by Gasteiger charge is -2.09. The Labute approximate surface area is 81.7 Å². The number of Topliss-reactive ketones (excluding diaryl/α,β-unsaturated/α-hetero) is 1. The molecule has 0 bridgehead atoms. The Balaban J connectivity index is 3.10. The van der Waals surface area contributed by atoms with Gasteiger partial charge in [-0.25, -0.2) is 0 Å². The van der Waals surface area contributed by atoms with Crippen LogP contribution in [0.4, 0.5) is 8.78 Å². The summed E-state index contributed by atoms with van der Waals surface area (Å²) >= 11 is 0. The second kappa shape index (κ2) is 3.48. The molecule has 0 saturated carbocycles. The molecule has 0 amide bonds. The van der Waals surface area contributed by atoms with Crippen LogP contribution in [0.3, 0.4) is 0 Å². The van der Waals surface area contributed by atoms with Gasteiger partial charge in [-0.15, -0.1) is 0 Å². The third kappa shape index (κ3) is 2.16. The van der Waals surface area contributed by atoms with E-state index in [1.54, 1.807) is 13.0 Å². The van der Waals surface area contributed by atoms with Gasteiger partial charge in [-0.2, -0.15) is 8.78 Å². The van der Waals surface area contributed by atoms with Crippen molar-refractivity contribution in [2.75, 3.05) is 0 Å². The molecule has 0 fully saturated rings. The fraction of sp³-hybridized carbons (Fsp3) is 0.364. The van der Waals surface area contributed by atoms with Gasteiger partial charge in [0.1, 0.15) is 0 Å². The second-order valence-corrected chi connectivity index (χ2v) is 3.52. The number of hydrogen-bond donors (Lipinski definition) is 0. The van der Waals surface area contributed by atoms with Crippen LogP contribution in [0.25, 0.3) is 0 Å². The van der Waals surface area contributed by atoms with Crippen molar-refractivity contribution >= 4 is 5.78 Å². The molecule has 1 rings (SSSR count). The first-order valence-electron chi connectivity index (χ1n) is 4.32. The number of rotatable bonds is 2. The van der Waals surface area contributed by atoms with Gasteiger partial charge in [0.15, 0.2) is 0 Å². The molecule has 1 aromatic carbocycles. The lowest BCUT2D eigenvalue weighted by Crippen LogP contribution is -2.24. The van der Waals surface area contributed by atoms with Gasteiger partial charge in [0, 0.05) is 12.5 Å². The summed E-state index contributed by atoms with van der Waals surface area (Å²) in [5.41, 5.74) is 1.90. The first-order chi connectivity index (χ1) is 6.32. The maximum absolute atomic E-state index is 12.7. The van der Waals surface area contributed by atoms with Crippen molar-refractivity contribution in [3.63, 3.8) is 0 Å². The highest BCUT2D eigenvalue weighted by Gasteiger charge is 2.33. The highest BCUT2D eigenvalue weighted by atomic mass is 19.3. The van der Waals surface area contributed by atoms with Crippen molar-refractivity contribution in [2.45, 2.75) is 26.7 Å². The van der Waals surface area contributed by atoms with E-state index in [0.717, 1.165) is 11.1 Å². The zero-order valence-electron chi connectivity index (χ0n) is 8.40. The zero-order chi connectivity index (χ0) is 10.9. The summed E-state index contributed by atoms with van der Waals surface area (Å²) in [7, 11) is 0. The molecule has 0 N–H and O–H groups in total. The smallest absolute Gasteiger partial charge is 0.287 e. The summed E-state index contributed by atoms with van der Waals surface area (Å²) in [5.74, 6) is -4.41. The summed E-state index contributed by atoms with van der Waals surface area (Å²) in [6.07, 6.45) is 0. The van der Waals surface area contributed by atoms with Gasteiger partial charge in [0.2, 0.25) is 5.78 Å². The second-order valence-electron chi connectivity index (χ2n) is 3.52. The zero-order valence-corrected chi connectivity index (χ0v) is 8.40. The normalized spacial score (nSPS) is 11.5. The average Bonchev–Trinajstić information content (AvgIpc) is 2.07. The van der Waals surface area contributed by atoms with Crippen LogP contribution in [0, 0.1) is 13.8 Å². The minimum Gasteiger partial charge on any atom is -0.287 e. The average molecular weight is 198 g/mol. The Morgan fingerprint density at radius 2 is 1.79 bits per heavy atom. The molecule has 0 aliphatic heterocycles. The van der Waals surface area contributed by atoms with E-state index in [2.05, 4.69) is 0 Å². The molecule has 0 unspecified atom stereocenters. The van der Waals surface area contributed by atoms with Crippen molar-refractivity contribution in [1.82, 2.24) is 0 Å². The molecule has 0 spiro atoms. The van der Waals surface area contributed by atoms with E-state index in [9.17, 15) is 13.6 Å². The van der Waals surface area contributed by atoms with E-state index < -0.39 is 11.7 Å². The maximum atomic E-state index is 12.7. The van der Waals surface area contributed by atoms with Crippen molar-refractivity contribution in [3.8, 4) is 0 Å². The fourth-order valence-corrected chi connectivity index (χ4v) is 1.14. The Morgan fingerprint density at radius 3 is 2.21 bits per heavy atom. The summed E-state index contributed by atoms with van der Waals surface area (Å²) in [4.78, 5) is 11.2. The molecule has 0 aliphatic carbocycles. The number of halogens is 2. The first-order valence-corrected chi connectivity index (χ1v) is 4.32. The molecule has 0 saturated heterocycles. The van der Waals surface area contributed by atoms with Crippen LogP contribution in [-0.2, 0) is 0 Å². The van der Waals surface area contributed by atoms with Gasteiger partial charge < -0.3 is 0 Å². The molecule has 0 radical (unpaired) electrons. The van der Waals surface area contributed by atoms with Crippen molar-refractivity contribution in [2.24, 2.45) is 0 Å². The monoisotopic (exact) mass is 198 g/mol. The van der Waals surface area contributed by atoms with Gasteiger partial charge in [0.25, 0.3) is 0 Å². The minimum absolute atomic E-state index is 0.0700. The van der Waals surface area contributed by atoms with Gasteiger partial charge in [-0.1, -0.05) is 12.1 Å². The fourth-order valence-electron chi connectivity index (χ4n) is 1.14. The molecular formula is C11H12F2O. The molecule has 3 heteroatoms. The van der Waals surface area contributed by atoms with Crippen LogP contribution in [-0.4, -0.2) is 11.7 Å². The lowest BCUT2D eigenvalue weighted by atomic mass is 10.0. The van der Waals surface area contributed by atoms with E-state index in [-0.39, 0.29) is 5.56 Å². The van der Waals surface area contributed by atoms with E-state index in [4.69, 9.17) is 0 Å². The number of ketones is 1. The molecule has 14 heavy (non-hydrogen) atoms. The summed E-state index contributed by atoms with van der Waals surface area (Å²) in [5, 5.41) is 0. The molecule has 0 aromatic heterocycles. The van der Waals surface area contributed by atoms with E-state index >= 15 is 0 Å². The van der Waals surface area contributed by atoms with Crippen LogP contribution in [0.5, 0.6) is 0 Å². The lowest BCUT2D eigenvalue weighted by molar-refractivity contribution is 0.0221. The summed E-state index contributed by atoms with van der Waals surface area (Å²) in [6.45, 7) is 4.28. The van der Waals surface area contributed by atoms with Crippen LogP contribution < -0.4 is 0 Å². The SMILES string of the molecule is Cc1ccc(C(=O)C(C)(F)F)cc1C. The standard InChI is InChI=1S/C11H12F2O/c1-7-4-5-9(6-8(7)2)10(14)11(3,12)13/h4-6H,1-3H3. The van der Waals surface area contributed by atoms with E-state index in [0.29, 0.717) is 6.92 Å². The minimum atomic E-state index is -3.29. The number of aryl methyl sites for hydroxylation is 2. The van der Waals surface area contributed by atoms with Crippen molar-refractivity contribution < 1.29 is 13.6 Å². The Bertz CT molecular complexity index is 364. The van der Waals surface area contributed by atoms with Gasteiger partial charge in [-0.05, 0) is 31.0 Å². The predicted octanol–water partition coefficient (Wildman–Crippen LogP) is 3.14. The maximum Gasteiger partial charge on any atom is 0.307 e. The molecule has 1 aromatic rings. The quantitative estimate of drug-likeness (QED) is 0.667. The number of benzene rings is 1. The molecular weight excluding hydrogens is 186 g/mol. The highest BCUT2D eigenvalue weighted by Crippen LogP contribution is 2.20.